The van der Waals surface area contributed by atoms with E-state index in [4.69, 9.17) is 9.73 Å². The molecule has 4 nitrogen and oxygen atoms in total. The number of benzene rings is 4. The minimum absolute atomic E-state index is 0.0397. The van der Waals surface area contributed by atoms with Crippen LogP contribution in [0.2, 0.25) is 0 Å². The Morgan fingerprint density at radius 3 is 2.08 bits per heavy atom. The number of ether oxygens (including phenoxy) is 1. The third-order valence-corrected chi connectivity index (χ3v) is 7.37. The zero-order valence-electron chi connectivity index (χ0n) is 20.7. The van der Waals surface area contributed by atoms with Gasteiger partial charge in [0.2, 0.25) is 0 Å². The van der Waals surface area contributed by atoms with Crippen LogP contribution in [0.1, 0.15) is 43.9 Å². The molecule has 6 rings (SSSR count). The van der Waals surface area contributed by atoms with Crippen LogP contribution in [0.4, 0.5) is 11.4 Å². The van der Waals surface area contributed by atoms with E-state index < -0.39 is 0 Å². The lowest BCUT2D eigenvalue weighted by atomic mass is 9.65. The molecule has 1 amide bonds. The number of aliphatic imine (C=N–C) groups is 1. The number of nitrogens with zero attached hydrogens (tertiary/aromatic N) is 2. The molecule has 0 spiro atoms. The van der Waals surface area contributed by atoms with Gasteiger partial charge in [-0.05, 0) is 67.8 Å². The summed E-state index contributed by atoms with van der Waals surface area (Å²) < 4.78 is 5.91. The Balaban J connectivity index is 1.41. The summed E-state index contributed by atoms with van der Waals surface area (Å²) in [7, 11) is 0. The topological polar surface area (TPSA) is 41.9 Å². The fourth-order valence-electron chi connectivity index (χ4n) is 5.87. The molecule has 2 aliphatic heterocycles. The molecule has 0 N–H and O–H groups in total. The predicted molar refractivity (Wildman–Crippen MR) is 145 cm³/mol. The van der Waals surface area contributed by atoms with Crippen LogP contribution in [0.25, 0.3) is 0 Å². The van der Waals surface area contributed by atoms with E-state index in [-0.39, 0.29) is 16.9 Å². The van der Waals surface area contributed by atoms with Crippen molar-refractivity contribution in [1.82, 2.24) is 0 Å². The van der Waals surface area contributed by atoms with Gasteiger partial charge >= 0.3 is 0 Å². The maximum Gasteiger partial charge on any atom is 0.278 e. The Hall–Kier alpha value is -4.18. The molecule has 4 heteroatoms. The highest BCUT2D eigenvalue weighted by molar-refractivity contribution is 6.55. The van der Waals surface area contributed by atoms with Gasteiger partial charge < -0.3 is 9.64 Å². The van der Waals surface area contributed by atoms with Crippen LogP contribution in [0, 0.1) is 0 Å². The Labute approximate surface area is 211 Å². The summed E-state index contributed by atoms with van der Waals surface area (Å²) in [4.78, 5) is 20.6. The molecule has 0 saturated carbocycles. The molecule has 178 valence electrons. The van der Waals surface area contributed by atoms with Gasteiger partial charge in [0, 0.05) is 16.5 Å². The normalized spacial score (nSPS) is 20.9. The first-order valence-corrected chi connectivity index (χ1v) is 12.3. The van der Waals surface area contributed by atoms with Crippen LogP contribution in [0.3, 0.4) is 0 Å². The Morgan fingerprint density at radius 1 is 0.750 bits per heavy atom. The minimum Gasteiger partial charge on any atom is -0.457 e. The summed E-state index contributed by atoms with van der Waals surface area (Å²) in [5, 5.41) is 0. The lowest BCUT2D eigenvalue weighted by Gasteiger charge is -2.49. The van der Waals surface area contributed by atoms with Crippen molar-refractivity contribution in [3.8, 4) is 11.5 Å². The van der Waals surface area contributed by atoms with Gasteiger partial charge in [-0.1, -0.05) is 73.7 Å². The number of para-hydroxylation sites is 2. The molecule has 2 aliphatic rings. The molecular formula is C32H28N2O2. The van der Waals surface area contributed by atoms with E-state index >= 15 is 0 Å². The standard InChI is InChI=1S/C32H28N2O2/c1-31(2)21-32(3,22-11-6-4-7-12-22)27-16-10-15-26-28(30(35)34(31)29(26)27)33-23-17-19-25(20-18-23)36-24-13-8-5-9-14-24/h4-20H,21H2,1-3H3. The van der Waals surface area contributed by atoms with Crippen molar-refractivity contribution in [2.45, 2.75) is 38.1 Å². The largest absolute Gasteiger partial charge is 0.457 e. The zero-order chi connectivity index (χ0) is 24.9. The van der Waals surface area contributed by atoms with E-state index in [9.17, 15) is 4.79 Å². The van der Waals surface area contributed by atoms with Crippen LogP contribution in [0.15, 0.2) is 108 Å². The fourth-order valence-corrected chi connectivity index (χ4v) is 5.87. The van der Waals surface area contributed by atoms with E-state index in [0.29, 0.717) is 5.71 Å². The quantitative estimate of drug-likeness (QED) is 0.310. The van der Waals surface area contributed by atoms with Gasteiger partial charge in [0.25, 0.3) is 5.91 Å². The van der Waals surface area contributed by atoms with Crippen molar-refractivity contribution in [3.63, 3.8) is 0 Å². The van der Waals surface area contributed by atoms with Gasteiger partial charge in [-0.3, -0.25) is 4.79 Å². The van der Waals surface area contributed by atoms with Crippen LogP contribution in [0.5, 0.6) is 11.5 Å². The van der Waals surface area contributed by atoms with E-state index in [1.807, 2.05) is 71.6 Å². The molecule has 1 atom stereocenters. The Morgan fingerprint density at radius 2 is 1.39 bits per heavy atom. The van der Waals surface area contributed by atoms with Crippen molar-refractivity contribution >= 4 is 23.0 Å². The lowest BCUT2D eigenvalue weighted by molar-refractivity contribution is -0.113. The number of carbonyl (C=O) groups is 1. The van der Waals surface area contributed by atoms with Crippen molar-refractivity contribution in [1.29, 1.82) is 0 Å². The smallest absolute Gasteiger partial charge is 0.278 e. The highest BCUT2D eigenvalue weighted by Gasteiger charge is 2.52. The first-order chi connectivity index (χ1) is 17.4. The molecule has 0 aromatic heterocycles. The van der Waals surface area contributed by atoms with E-state index in [1.165, 1.54) is 11.1 Å². The van der Waals surface area contributed by atoms with Gasteiger partial charge in [-0.25, -0.2) is 4.99 Å². The SMILES string of the molecule is CC1(c2ccccc2)CC(C)(C)N2C(=O)C(=Nc3ccc(Oc4ccccc4)cc3)c3cccc1c32. The molecule has 4 aromatic rings. The zero-order valence-corrected chi connectivity index (χ0v) is 20.7. The molecular weight excluding hydrogens is 444 g/mol. The average Bonchev–Trinajstić information content (AvgIpc) is 3.17. The predicted octanol–water partition coefficient (Wildman–Crippen LogP) is 7.43. The van der Waals surface area contributed by atoms with Gasteiger partial charge in [-0.15, -0.1) is 0 Å². The number of rotatable bonds is 4. The van der Waals surface area contributed by atoms with E-state index in [2.05, 4.69) is 57.2 Å². The number of amides is 1. The Kier molecular flexibility index (Phi) is 5.08. The van der Waals surface area contributed by atoms with Crippen LogP contribution >= 0.6 is 0 Å². The van der Waals surface area contributed by atoms with Gasteiger partial charge in [0.15, 0.2) is 0 Å². The third kappa shape index (κ3) is 3.53. The van der Waals surface area contributed by atoms with Gasteiger partial charge in [0.1, 0.15) is 17.2 Å². The Bertz CT molecular complexity index is 1470. The summed E-state index contributed by atoms with van der Waals surface area (Å²) in [6, 6.07) is 34.1. The van der Waals surface area contributed by atoms with Crippen LogP contribution in [-0.2, 0) is 10.2 Å². The summed E-state index contributed by atoms with van der Waals surface area (Å²) >= 11 is 0. The van der Waals surface area contributed by atoms with E-state index in [1.54, 1.807) is 0 Å². The summed E-state index contributed by atoms with van der Waals surface area (Å²) in [6.45, 7) is 6.61. The maximum absolute atomic E-state index is 13.8. The van der Waals surface area contributed by atoms with Crippen LogP contribution in [-0.4, -0.2) is 17.2 Å². The molecule has 2 heterocycles. The number of anilines is 1. The number of hydrogen-bond donors (Lipinski definition) is 0. The first-order valence-electron chi connectivity index (χ1n) is 12.3. The second-order valence-corrected chi connectivity index (χ2v) is 10.4. The molecule has 0 radical (unpaired) electrons. The minimum atomic E-state index is -0.366. The third-order valence-electron chi connectivity index (χ3n) is 7.37. The molecule has 0 aliphatic carbocycles. The number of hydrogen-bond acceptors (Lipinski definition) is 3. The second kappa shape index (κ2) is 8.20. The monoisotopic (exact) mass is 472 g/mol. The highest BCUT2D eigenvalue weighted by Crippen LogP contribution is 2.54. The summed E-state index contributed by atoms with van der Waals surface area (Å²) in [5.74, 6) is 1.47. The summed E-state index contributed by atoms with van der Waals surface area (Å²) in [5.41, 5.74) is 4.97. The van der Waals surface area contributed by atoms with Crippen LogP contribution < -0.4 is 9.64 Å². The molecule has 1 unspecified atom stereocenters. The number of carbonyl (C=O) groups excluding carboxylic acids is 1. The summed E-state index contributed by atoms with van der Waals surface area (Å²) in [6.07, 6.45) is 0.824. The van der Waals surface area contributed by atoms with Crippen molar-refractivity contribution in [2.75, 3.05) is 4.90 Å². The second-order valence-electron chi connectivity index (χ2n) is 10.4. The average molecular weight is 473 g/mol. The van der Waals surface area contributed by atoms with E-state index in [0.717, 1.165) is 34.9 Å². The molecule has 0 fully saturated rings. The molecule has 4 aromatic carbocycles. The molecule has 0 bridgehead atoms. The van der Waals surface area contributed by atoms with Gasteiger partial charge in [0.05, 0.1) is 11.4 Å². The molecule has 36 heavy (non-hydrogen) atoms. The van der Waals surface area contributed by atoms with Crippen molar-refractivity contribution < 1.29 is 9.53 Å². The van der Waals surface area contributed by atoms with Gasteiger partial charge in [-0.2, -0.15) is 0 Å². The van der Waals surface area contributed by atoms with Crippen molar-refractivity contribution in [2.24, 2.45) is 4.99 Å². The molecule has 0 saturated heterocycles. The maximum atomic E-state index is 13.8. The first kappa shape index (κ1) is 22.3. The van der Waals surface area contributed by atoms with Crippen molar-refractivity contribution in [3.05, 3.63) is 120 Å². The highest BCUT2D eigenvalue weighted by atomic mass is 16.5. The fraction of sp³-hybridized carbons (Fsp3) is 0.188. The lowest BCUT2D eigenvalue weighted by Crippen LogP contribution is -2.54.